The number of halogens is 1. The Kier molecular flexibility index (Phi) is 9.82. The van der Waals surface area contributed by atoms with Gasteiger partial charge in [0.25, 0.3) is 5.91 Å². The molecule has 4 aliphatic rings. The number of cyclic esters (lactones) is 1. The van der Waals surface area contributed by atoms with Crippen molar-refractivity contribution in [2.75, 3.05) is 31.2 Å². The molecule has 47 heavy (non-hydrogen) atoms. The lowest BCUT2D eigenvalue weighted by molar-refractivity contribution is -0.145. The van der Waals surface area contributed by atoms with Gasteiger partial charge in [0, 0.05) is 26.1 Å². The molecule has 0 radical (unpaired) electrons. The topological polar surface area (TPSA) is 125 Å². The van der Waals surface area contributed by atoms with Crippen LogP contribution in [0.3, 0.4) is 0 Å². The SMILES string of the molecule is Cc1cccc(Cl)c1N1C/C=C\CCC(=O)OC[C@H](c2ccccc2)NC(=O)[C@@H]2[C@H]3C(=O)N(CCCCCO)[C@H](C1=O)[C@]31C=C[C@H]2O1. The van der Waals surface area contributed by atoms with E-state index in [4.69, 9.17) is 21.1 Å². The number of amides is 3. The van der Waals surface area contributed by atoms with Gasteiger partial charge in [-0.1, -0.05) is 78.4 Å². The van der Waals surface area contributed by atoms with E-state index in [-0.39, 0.29) is 44.5 Å². The van der Waals surface area contributed by atoms with Crippen molar-refractivity contribution in [2.24, 2.45) is 11.8 Å². The number of unbranched alkanes of at least 4 members (excludes halogenated alkanes) is 2. The van der Waals surface area contributed by atoms with Gasteiger partial charge in [-0.2, -0.15) is 0 Å². The van der Waals surface area contributed by atoms with Gasteiger partial charge in [-0.05, 0) is 49.8 Å². The number of hydrogen-bond donors (Lipinski definition) is 2. The van der Waals surface area contributed by atoms with Gasteiger partial charge < -0.3 is 29.7 Å². The standard InChI is InChI=1S/C36H40ClN3O7/c1-23-12-11-15-25(37)31(23)39-19-8-3-7-16-28(42)46-22-26(24-13-5-2-6-14-24)38-33(43)29-27-17-18-36(47-27)30(29)34(44)40(32(36)35(39)45)20-9-4-10-21-41/h2-3,5-6,8,11-15,17-18,26-27,29-30,32,41H,4,7,9-10,16,19-22H2,1H3,(H,38,43)/b8-3-/t26-,27-,29+,30+,32-,36+/m1/s1. The van der Waals surface area contributed by atoms with Gasteiger partial charge >= 0.3 is 5.97 Å². The lowest BCUT2D eigenvalue weighted by Gasteiger charge is -2.36. The lowest BCUT2D eigenvalue weighted by Crippen LogP contribution is -2.56. The minimum Gasteiger partial charge on any atom is -0.463 e. The van der Waals surface area contributed by atoms with Crippen molar-refractivity contribution in [3.05, 3.63) is 89.0 Å². The summed E-state index contributed by atoms with van der Waals surface area (Å²) >= 11 is 6.72. The van der Waals surface area contributed by atoms with Crippen LogP contribution >= 0.6 is 11.6 Å². The summed E-state index contributed by atoms with van der Waals surface area (Å²) in [7, 11) is 0. The van der Waals surface area contributed by atoms with Gasteiger partial charge in [-0.25, -0.2) is 0 Å². The fraction of sp³-hybridized carbons (Fsp3) is 0.444. The zero-order valence-electron chi connectivity index (χ0n) is 26.3. The molecule has 0 aromatic heterocycles. The van der Waals surface area contributed by atoms with Crippen molar-refractivity contribution in [3.63, 3.8) is 0 Å². The predicted octanol–water partition coefficient (Wildman–Crippen LogP) is 4.05. The molecular weight excluding hydrogens is 622 g/mol. The highest BCUT2D eigenvalue weighted by Crippen LogP contribution is 2.55. The Hall–Kier alpha value is -3.99. The minimum atomic E-state index is -1.36. The Morgan fingerprint density at radius 3 is 2.57 bits per heavy atom. The van der Waals surface area contributed by atoms with Crippen LogP contribution in [0.4, 0.5) is 5.69 Å². The molecule has 0 saturated carbocycles. The number of carbonyl (C=O) groups excluding carboxylic acids is 4. The molecule has 6 atom stereocenters. The summed E-state index contributed by atoms with van der Waals surface area (Å²) < 4.78 is 12.2. The van der Waals surface area contributed by atoms with Gasteiger partial charge in [-0.3, -0.25) is 19.2 Å². The number of aryl methyl sites for hydroxylation is 1. The maximum atomic E-state index is 15.0. The van der Waals surface area contributed by atoms with Crippen molar-refractivity contribution < 1.29 is 33.8 Å². The van der Waals surface area contributed by atoms with E-state index in [0.29, 0.717) is 36.4 Å². The Bertz CT molecular complexity index is 1560. The van der Waals surface area contributed by atoms with Crippen molar-refractivity contribution in [1.29, 1.82) is 0 Å². The molecule has 2 N–H and O–H groups in total. The first-order valence-corrected chi connectivity index (χ1v) is 16.7. The zero-order valence-corrected chi connectivity index (χ0v) is 27.1. The molecular formula is C36H40ClN3O7. The zero-order chi connectivity index (χ0) is 33.1. The number of ether oxygens (including phenoxy) is 2. The molecule has 4 heterocycles. The summed E-state index contributed by atoms with van der Waals surface area (Å²) in [5.41, 5.74) is 0.684. The third-order valence-corrected chi connectivity index (χ3v) is 9.90. The molecule has 0 aliphatic carbocycles. The molecule has 11 heteroatoms. The van der Waals surface area contributed by atoms with Crippen LogP contribution in [0.25, 0.3) is 0 Å². The van der Waals surface area contributed by atoms with Gasteiger partial charge in [0.15, 0.2) is 0 Å². The summed E-state index contributed by atoms with van der Waals surface area (Å²) in [6.45, 7) is 2.22. The number of allylic oxidation sites excluding steroid dienone is 1. The van der Waals surface area contributed by atoms with Crippen LogP contribution in [0.2, 0.25) is 5.02 Å². The Labute approximate surface area is 279 Å². The number of carbonyl (C=O) groups is 4. The predicted molar refractivity (Wildman–Crippen MR) is 175 cm³/mol. The summed E-state index contributed by atoms with van der Waals surface area (Å²) in [6.07, 6.45) is 8.78. The van der Waals surface area contributed by atoms with Crippen LogP contribution in [-0.4, -0.2) is 77.7 Å². The smallest absolute Gasteiger partial charge is 0.306 e. The third-order valence-electron chi connectivity index (χ3n) is 9.59. The molecule has 10 nitrogen and oxygen atoms in total. The van der Waals surface area contributed by atoms with E-state index >= 15 is 0 Å². The van der Waals surface area contributed by atoms with Crippen molar-refractivity contribution >= 4 is 41.0 Å². The minimum absolute atomic E-state index is 0.0302. The van der Waals surface area contributed by atoms with Gasteiger partial charge in [0.2, 0.25) is 11.8 Å². The average molecular weight is 662 g/mol. The van der Waals surface area contributed by atoms with Gasteiger partial charge in [0.1, 0.15) is 18.2 Å². The number of aliphatic hydroxyl groups is 1. The van der Waals surface area contributed by atoms with Crippen LogP contribution in [0.1, 0.15) is 49.3 Å². The first-order valence-electron chi connectivity index (χ1n) is 16.3. The number of aliphatic hydroxyl groups excluding tert-OH is 1. The highest BCUT2D eigenvalue weighted by atomic mass is 35.5. The van der Waals surface area contributed by atoms with Crippen LogP contribution in [0.5, 0.6) is 0 Å². The molecule has 2 aromatic rings. The molecule has 2 aromatic carbocycles. The maximum Gasteiger partial charge on any atom is 0.306 e. The highest BCUT2D eigenvalue weighted by Gasteiger charge is 2.73. The summed E-state index contributed by atoms with van der Waals surface area (Å²) in [5, 5.41) is 12.8. The molecule has 248 valence electrons. The number of hydrogen-bond acceptors (Lipinski definition) is 7. The molecule has 6 rings (SSSR count). The van der Waals surface area contributed by atoms with E-state index in [1.54, 1.807) is 28.0 Å². The fourth-order valence-corrected chi connectivity index (χ4v) is 7.71. The number of rotatable bonds is 7. The summed E-state index contributed by atoms with van der Waals surface area (Å²) in [5.74, 6) is -3.37. The Morgan fingerprint density at radius 2 is 1.81 bits per heavy atom. The molecule has 1 spiro atoms. The van der Waals surface area contributed by atoms with E-state index in [2.05, 4.69) is 5.32 Å². The number of anilines is 1. The normalized spacial score (nSPS) is 30.0. The quantitative estimate of drug-likeness (QED) is 0.261. The number of esters is 1. The van der Waals surface area contributed by atoms with E-state index in [0.717, 1.165) is 11.1 Å². The van der Waals surface area contributed by atoms with Crippen LogP contribution in [-0.2, 0) is 28.7 Å². The first kappa shape index (κ1) is 32.9. The molecule has 2 saturated heterocycles. The number of para-hydroxylation sites is 1. The van der Waals surface area contributed by atoms with Crippen molar-refractivity contribution in [1.82, 2.24) is 10.2 Å². The van der Waals surface area contributed by atoms with Crippen molar-refractivity contribution in [3.8, 4) is 0 Å². The second kappa shape index (κ2) is 14.0. The van der Waals surface area contributed by atoms with E-state index in [9.17, 15) is 24.3 Å². The van der Waals surface area contributed by atoms with E-state index in [1.165, 1.54) is 0 Å². The van der Waals surface area contributed by atoms with Gasteiger partial charge in [0.05, 0.1) is 34.7 Å². The average Bonchev–Trinajstić information content (AvgIpc) is 3.71. The molecule has 4 aliphatic heterocycles. The Morgan fingerprint density at radius 1 is 1.00 bits per heavy atom. The largest absolute Gasteiger partial charge is 0.463 e. The number of likely N-dealkylation sites (tertiary alicyclic amines) is 1. The van der Waals surface area contributed by atoms with E-state index < -0.39 is 47.5 Å². The van der Waals surface area contributed by atoms with Gasteiger partial charge in [-0.15, -0.1) is 0 Å². The lowest BCUT2D eigenvalue weighted by atomic mass is 9.74. The van der Waals surface area contributed by atoms with E-state index in [1.807, 2.05) is 61.5 Å². The molecule has 2 fully saturated rings. The summed E-state index contributed by atoms with van der Waals surface area (Å²) in [4.78, 5) is 59.4. The van der Waals surface area contributed by atoms with Crippen LogP contribution in [0, 0.1) is 18.8 Å². The maximum absolute atomic E-state index is 15.0. The number of benzene rings is 2. The second-order valence-electron chi connectivity index (χ2n) is 12.5. The molecule has 3 amide bonds. The number of fused-ring (bicyclic) bond motifs is 2. The molecule has 0 unspecified atom stereocenters. The van der Waals surface area contributed by atoms with Crippen LogP contribution < -0.4 is 10.2 Å². The molecule has 5 bridgehead atoms. The number of nitrogens with zero attached hydrogens (tertiary/aromatic N) is 2. The number of nitrogens with one attached hydrogen (secondary N) is 1. The first-order chi connectivity index (χ1) is 22.8. The van der Waals surface area contributed by atoms with Crippen molar-refractivity contribution in [2.45, 2.75) is 62.8 Å². The monoisotopic (exact) mass is 661 g/mol. The second-order valence-corrected chi connectivity index (χ2v) is 12.9. The Balaban J connectivity index is 1.43. The van der Waals surface area contributed by atoms with Crippen LogP contribution in [0.15, 0.2) is 72.8 Å². The third kappa shape index (κ3) is 6.22. The summed E-state index contributed by atoms with van der Waals surface area (Å²) in [6, 6.07) is 12.9. The fourth-order valence-electron chi connectivity index (χ4n) is 7.38. The highest BCUT2D eigenvalue weighted by molar-refractivity contribution is 6.34.